The van der Waals surface area contributed by atoms with Crippen LogP contribution in [0.2, 0.25) is 0 Å². The van der Waals surface area contributed by atoms with E-state index in [4.69, 9.17) is 0 Å². The highest BCUT2D eigenvalue weighted by molar-refractivity contribution is 5.96. The molecule has 4 nitrogen and oxygen atoms in total. The normalized spacial score (nSPS) is 16.3. The van der Waals surface area contributed by atoms with E-state index in [9.17, 15) is 9.59 Å². The zero-order chi connectivity index (χ0) is 15.8. The first-order valence-electron chi connectivity index (χ1n) is 7.73. The van der Waals surface area contributed by atoms with E-state index in [-0.39, 0.29) is 17.5 Å². The van der Waals surface area contributed by atoms with Gasteiger partial charge in [0.05, 0.1) is 6.04 Å². The SMILES string of the molecule is O=C(NC1CCc2ccccc21)c1cc2ccccc2c(=O)[nH]1. The van der Waals surface area contributed by atoms with Crippen LogP contribution < -0.4 is 10.9 Å². The summed E-state index contributed by atoms with van der Waals surface area (Å²) in [5, 5.41) is 4.40. The van der Waals surface area contributed by atoms with Crippen LogP contribution in [-0.2, 0) is 6.42 Å². The number of H-pyrrole nitrogens is 1. The van der Waals surface area contributed by atoms with Crippen molar-refractivity contribution in [2.75, 3.05) is 0 Å². The lowest BCUT2D eigenvalue weighted by molar-refractivity contribution is 0.0931. The summed E-state index contributed by atoms with van der Waals surface area (Å²) in [6.07, 6.45) is 1.86. The van der Waals surface area contributed by atoms with Gasteiger partial charge in [-0.15, -0.1) is 0 Å². The molecule has 2 aromatic carbocycles. The van der Waals surface area contributed by atoms with E-state index in [2.05, 4.69) is 22.4 Å². The lowest BCUT2D eigenvalue weighted by Crippen LogP contribution is -2.29. The lowest BCUT2D eigenvalue weighted by Gasteiger charge is -2.14. The van der Waals surface area contributed by atoms with Gasteiger partial charge in [0.15, 0.2) is 0 Å². The number of hydrogen-bond acceptors (Lipinski definition) is 2. The highest BCUT2D eigenvalue weighted by atomic mass is 16.2. The van der Waals surface area contributed by atoms with Crippen molar-refractivity contribution in [3.8, 4) is 0 Å². The van der Waals surface area contributed by atoms with E-state index in [1.54, 1.807) is 12.1 Å². The van der Waals surface area contributed by atoms with Crippen molar-refractivity contribution in [2.24, 2.45) is 0 Å². The average Bonchev–Trinajstić information content (AvgIpc) is 2.98. The molecule has 1 atom stereocenters. The second-order valence-corrected chi connectivity index (χ2v) is 5.86. The van der Waals surface area contributed by atoms with E-state index in [1.807, 2.05) is 30.3 Å². The molecule has 0 spiro atoms. The molecule has 1 unspecified atom stereocenters. The predicted octanol–water partition coefficient (Wildman–Crippen LogP) is 2.95. The van der Waals surface area contributed by atoms with Gasteiger partial charge in [0.1, 0.15) is 5.69 Å². The first-order chi connectivity index (χ1) is 11.2. The minimum atomic E-state index is -0.241. The Morgan fingerprint density at radius 2 is 1.87 bits per heavy atom. The molecule has 0 bridgehead atoms. The van der Waals surface area contributed by atoms with Gasteiger partial charge in [0.25, 0.3) is 11.5 Å². The molecule has 1 aliphatic carbocycles. The maximum absolute atomic E-state index is 12.5. The first-order valence-corrected chi connectivity index (χ1v) is 7.73. The maximum atomic E-state index is 12.5. The van der Waals surface area contributed by atoms with E-state index in [1.165, 1.54) is 11.1 Å². The molecule has 0 radical (unpaired) electrons. The number of pyridine rings is 1. The zero-order valence-corrected chi connectivity index (χ0v) is 12.5. The van der Waals surface area contributed by atoms with Crippen LogP contribution in [0.25, 0.3) is 10.8 Å². The number of nitrogens with one attached hydrogen (secondary N) is 2. The summed E-state index contributed by atoms with van der Waals surface area (Å²) in [4.78, 5) is 27.3. The minimum Gasteiger partial charge on any atom is -0.344 e. The van der Waals surface area contributed by atoms with Gasteiger partial charge in [-0.05, 0) is 41.5 Å². The Labute approximate surface area is 133 Å². The summed E-state index contributed by atoms with van der Waals surface area (Å²) in [6, 6.07) is 17.2. The lowest BCUT2D eigenvalue weighted by atomic mass is 10.1. The molecule has 114 valence electrons. The van der Waals surface area contributed by atoms with Crippen LogP contribution in [0.3, 0.4) is 0 Å². The molecule has 0 aliphatic heterocycles. The molecule has 1 aliphatic rings. The number of hydrogen-bond donors (Lipinski definition) is 2. The third kappa shape index (κ3) is 2.42. The smallest absolute Gasteiger partial charge is 0.268 e. The molecule has 1 amide bonds. The molecular formula is C19H16N2O2. The van der Waals surface area contributed by atoms with Gasteiger partial charge < -0.3 is 10.3 Å². The predicted molar refractivity (Wildman–Crippen MR) is 89.5 cm³/mol. The average molecular weight is 304 g/mol. The third-order valence-electron chi connectivity index (χ3n) is 4.44. The monoisotopic (exact) mass is 304 g/mol. The molecule has 2 N–H and O–H groups in total. The number of aromatic nitrogens is 1. The standard InChI is InChI=1S/C19H16N2O2/c22-18-15-8-4-2-6-13(15)11-17(21-18)19(23)20-16-10-9-12-5-1-3-7-14(12)16/h1-8,11,16H,9-10H2,(H,20,23)(H,21,22). The highest BCUT2D eigenvalue weighted by Crippen LogP contribution is 2.30. The number of aryl methyl sites for hydroxylation is 1. The maximum Gasteiger partial charge on any atom is 0.268 e. The summed E-state index contributed by atoms with van der Waals surface area (Å²) in [6.45, 7) is 0. The molecule has 4 rings (SSSR count). The fraction of sp³-hybridized carbons (Fsp3) is 0.158. The number of amides is 1. The van der Waals surface area contributed by atoms with Gasteiger partial charge in [-0.2, -0.15) is 0 Å². The van der Waals surface area contributed by atoms with Gasteiger partial charge in [-0.1, -0.05) is 42.5 Å². The van der Waals surface area contributed by atoms with Crippen LogP contribution >= 0.6 is 0 Å². The van der Waals surface area contributed by atoms with Crippen molar-refractivity contribution >= 4 is 16.7 Å². The van der Waals surface area contributed by atoms with Gasteiger partial charge >= 0.3 is 0 Å². The Kier molecular flexibility index (Phi) is 3.23. The van der Waals surface area contributed by atoms with Gasteiger partial charge in [-0.3, -0.25) is 9.59 Å². The number of benzene rings is 2. The van der Waals surface area contributed by atoms with E-state index in [0.717, 1.165) is 18.2 Å². The fourth-order valence-corrected chi connectivity index (χ4v) is 3.28. The van der Waals surface area contributed by atoms with E-state index < -0.39 is 0 Å². The second-order valence-electron chi connectivity index (χ2n) is 5.86. The molecule has 3 aromatic rings. The Morgan fingerprint density at radius 1 is 1.09 bits per heavy atom. The Hall–Kier alpha value is -2.88. The minimum absolute atomic E-state index is 0.00803. The summed E-state index contributed by atoms with van der Waals surface area (Å²) >= 11 is 0. The number of rotatable bonds is 2. The summed E-state index contributed by atoms with van der Waals surface area (Å²) in [7, 11) is 0. The largest absolute Gasteiger partial charge is 0.344 e. The number of aromatic amines is 1. The summed E-state index contributed by atoms with van der Waals surface area (Å²) in [5.74, 6) is -0.241. The van der Waals surface area contributed by atoms with Crippen LogP contribution in [-0.4, -0.2) is 10.9 Å². The van der Waals surface area contributed by atoms with Crippen molar-refractivity contribution < 1.29 is 4.79 Å². The van der Waals surface area contributed by atoms with Crippen LogP contribution in [0.1, 0.15) is 34.1 Å². The van der Waals surface area contributed by atoms with Crippen LogP contribution in [0.15, 0.2) is 59.4 Å². The van der Waals surface area contributed by atoms with Crippen molar-refractivity contribution in [2.45, 2.75) is 18.9 Å². The second kappa shape index (κ2) is 5.39. The molecule has 1 heterocycles. The number of carbonyl (C=O) groups excluding carboxylic acids is 1. The molecule has 23 heavy (non-hydrogen) atoms. The number of carbonyl (C=O) groups is 1. The molecule has 1 aromatic heterocycles. The molecule has 0 saturated heterocycles. The third-order valence-corrected chi connectivity index (χ3v) is 4.44. The van der Waals surface area contributed by atoms with Crippen molar-refractivity contribution in [1.82, 2.24) is 10.3 Å². The zero-order valence-electron chi connectivity index (χ0n) is 12.5. The first kappa shape index (κ1) is 13.8. The summed E-state index contributed by atoms with van der Waals surface area (Å²) < 4.78 is 0. The van der Waals surface area contributed by atoms with Crippen LogP contribution in [0, 0.1) is 0 Å². The molecule has 0 saturated carbocycles. The van der Waals surface area contributed by atoms with E-state index in [0.29, 0.717) is 11.1 Å². The Morgan fingerprint density at radius 3 is 2.78 bits per heavy atom. The number of fused-ring (bicyclic) bond motifs is 2. The molecule has 0 fully saturated rings. The fourth-order valence-electron chi connectivity index (χ4n) is 3.28. The topological polar surface area (TPSA) is 62.0 Å². The van der Waals surface area contributed by atoms with Crippen molar-refractivity contribution in [3.63, 3.8) is 0 Å². The quantitative estimate of drug-likeness (QED) is 0.764. The van der Waals surface area contributed by atoms with Gasteiger partial charge in [0, 0.05) is 5.39 Å². The van der Waals surface area contributed by atoms with Gasteiger partial charge in [0.2, 0.25) is 0 Å². The van der Waals surface area contributed by atoms with Crippen molar-refractivity contribution in [1.29, 1.82) is 0 Å². The Bertz CT molecular complexity index is 959. The Balaban J connectivity index is 1.64. The molecular weight excluding hydrogens is 288 g/mol. The van der Waals surface area contributed by atoms with Crippen molar-refractivity contribution in [3.05, 3.63) is 81.8 Å². The highest BCUT2D eigenvalue weighted by Gasteiger charge is 2.24. The van der Waals surface area contributed by atoms with Gasteiger partial charge in [-0.25, -0.2) is 0 Å². The summed E-state index contributed by atoms with van der Waals surface area (Å²) in [5.41, 5.74) is 2.52. The van der Waals surface area contributed by atoms with Crippen LogP contribution in [0.4, 0.5) is 0 Å². The van der Waals surface area contributed by atoms with E-state index >= 15 is 0 Å². The van der Waals surface area contributed by atoms with Crippen LogP contribution in [0.5, 0.6) is 0 Å². The molecule has 4 heteroatoms.